The van der Waals surface area contributed by atoms with Gasteiger partial charge in [0.25, 0.3) is 0 Å². The molecule has 0 aromatic carbocycles. The molecule has 1 aliphatic carbocycles. The van der Waals surface area contributed by atoms with Crippen LogP contribution in [0.3, 0.4) is 0 Å². The van der Waals surface area contributed by atoms with Gasteiger partial charge in [-0.3, -0.25) is 9.59 Å². The number of carbonyl (C=O) groups excluding carboxylic acids is 4. The molecule has 248 valence electrons. The van der Waals surface area contributed by atoms with Crippen LogP contribution in [-0.4, -0.2) is 110 Å². The second-order valence-electron chi connectivity index (χ2n) is 11.4. The van der Waals surface area contributed by atoms with Crippen molar-refractivity contribution in [3.63, 3.8) is 0 Å². The Balaban J connectivity index is 2.69. The largest absolute Gasteiger partial charge is 0.497 e. The molecule has 1 aliphatic heterocycles. The lowest BCUT2D eigenvalue weighted by Gasteiger charge is -2.30. The van der Waals surface area contributed by atoms with E-state index >= 15 is 0 Å². The molecule has 0 aromatic heterocycles. The molecule has 2 aliphatic rings. The first-order chi connectivity index (χ1) is 20.6. The monoisotopic (exact) mass is 626 g/mol. The number of rotatable bonds is 5. The van der Waals surface area contributed by atoms with Crippen LogP contribution in [0.1, 0.15) is 47.0 Å². The van der Waals surface area contributed by atoms with E-state index in [1.54, 1.807) is 26.8 Å². The van der Waals surface area contributed by atoms with E-state index in [2.05, 4.69) is 5.32 Å². The third-order valence-electron chi connectivity index (χ3n) is 8.12. The summed E-state index contributed by atoms with van der Waals surface area (Å²) in [5.74, 6) is -4.07. The molecule has 1 heterocycles. The summed E-state index contributed by atoms with van der Waals surface area (Å²) in [5, 5.41) is 36.0. The third-order valence-corrected chi connectivity index (χ3v) is 8.12. The number of hydrogen-bond acceptors (Lipinski definition) is 12. The molecule has 14 heteroatoms. The lowest BCUT2D eigenvalue weighted by molar-refractivity contribution is -0.165. The van der Waals surface area contributed by atoms with Crippen molar-refractivity contribution >= 4 is 23.8 Å². The Labute approximate surface area is 257 Å². The molecule has 14 nitrogen and oxygen atoms in total. The van der Waals surface area contributed by atoms with Gasteiger partial charge < -0.3 is 50.1 Å². The van der Waals surface area contributed by atoms with Gasteiger partial charge in [0, 0.05) is 37.7 Å². The fourth-order valence-electron chi connectivity index (χ4n) is 5.84. The molecule has 6 N–H and O–H groups in total. The number of methoxy groups -OCH3 is 4. The summed E-state index contributed by atoms with van der Waals surface area (Å²) in [6.45, 7) is 6.56. The number of Topliss-reactive ketones (excluding diaryl/α,β-unsaturated/α-hetero) is 1. The number of aliphatic hydroxyl groups is 3. The SMILES string of the molecule is COC(=O)[C@@]1(O)C(OC)=C2C[C@@H](C)C[C@H](OC)[C@H](O)[C@@H](C)/C=C(/C)[C@H](OC(N)=O)[C@@H](OC)C[C@@H](O)/C=C(/C)C(=O)N[C@@H]1C2=O. The number of ether oxygens (including phenoxy) is 5. The van der Waals surface area contributed by atoms with E-state index in [4.69, 9.17) is 29.4 Å². The number of ketones is 1. The number of amides is 2. The van der Waals surface area contributed by atoms with Gasteiger partial charge in [-0.1, -0.05) is 19.9 Å². The van der Waals surface area contributed by atoms with Gasteiger partial charge in [0.1, 0.15) is 17.9 Å². The summed E-state index contributed by atoms with van der Waals surface area (Å²) in [7, 11) is 4.98. The maximum absolute atomic E-state index is 13.7. The van der Waals surface area contributed by atoms with E-state index in [1.165, 1.54) is 34.3 Å². The maximum Gasteiger partial charge on any atom is 0.405 e. The fraction of sp³-hybridized carbons (Fsp3) is 0.667. The van der Waals surface area contributed by atoms with Gasteiger partial charge in [0.05, 0.1) is 32.5 Å². The smallest absolute Gasteiger partial charge is 0.405 e. The molecule has 0 fully saturated rings. The highest BCUT2D eigenvalue weighted by molar-refractivity contribution is 6.12. The fourth-order valence-corrected chi connectivity index (χ4v) is 5.84. The zero-order chi connectivity index (χ0) is 33.5. The van der Waals surface area contributed by atoms with E-state index in [9.17, 15) is 34.5 Å². The molecule has 0 spiro atoms. The summed E-state index contributed by atoms with van der Waals surface area (Å²) in [6, 6.07) is -1.79. The second kappa shape index (κ2) is 15.6. The van der Waals surface area contributed by atoms with Crippen LogP contribution in [0.5, 0.6) is 0 Å². The predicted octanol–water partition coefficient (Wildman–Crippen LogP) is 0.423. The van der Waals surface area contributed by atoms with Gasteiger partial charge in [-0.2, -0.15) is 0 Å². The normalized spacial score (nSPS) is 36.9. The first-order valence-electron chi connectivity index (χ1n) is 14.2. The summed E-state index contributed by atoms with van der Waals surface area (Å²) in [6.07, 6.45) is -3.20. The summed E-state index contributed by atoms with van der Waals surface area (Å²) in [4.78, 5) is 51.6. The molecule has 2 bridgehead atoms. The molecule has 2 rings (SSSR count). The lowest BCUT2D eigenvalue weighted by atomic mass is 9.87. The van der Waals surface area contributed by atoms with Crippen molar-refractivity contribution in [3.05, 3.63) is 34.6 Å². The molecule has 0 aromatic rings. The van der Waals surface area contributed by atoms with Gasteiger partial charge in [-0.05, 0) is 44.3 Å². The number of hydrogen-bond donors (Lipinski definition) is 5. The molecule has 2 amide bonds. The highest BCUT2D eigenvalue weighted by atomic mass is 16.6. The van der Waals surface area contributed by atoms with Gasteiger partial charge in [0.2, 0.25) is 11.5 Å². The number of esters is 1. The average molecular weight is 627 g/mol. The van der Waals surface area contributed by atoms with Crippen LogP contribution in [0.15, 0.2) is 34.6 Å². The van der Waals surface area contributed by atoms with E-state index in [-0.39, 0.29) is 42.1 Å². The van der Waals surface area contributed by atoms with Crippen molar-refractivity contribution in [2.45, 2.75) is 89.1 Å². The molecule has 0 saturated heterocycles. The molecule has 0 radical (unpaired) electrons. The van der Waals surface area contributed by atoms with Crippen LogP contribution in [0, 0.1) is 11.8 Å². The first kappa shape index (κ1) is 36.9. The highest BCUT2D eigenvalue weighted by Crippen LogP contribution is 2.39. The van der Waals surface area contributed by atoms with E-state index in [0.29, 0.717) is 5.57 Å². The topological polar surface area (TPSA) is 213 Å². The Hall–Kier alpha value is -3.30. The number of carbonyl (C=O) groups is 4. The Kier molecular flexibility index (Phi) is 13.1. The lowest BCUT2D eigenvalue weighted by Crippen LogP contribution is -2.59. The minimum atomic E-state index is -2.66. The molecule has 0 unspecified atom stereocenters. The summed E-state index contributed by atoms with van der Waals surface area (Å²) < 4.78 is 26.6. The Morgan fingerprint density at radius 3 is 2.14 bits per heavy atom. The van der Waals surface area contributed by atoms with Crippen LogP contribution in [0.2, 0.25) is 0 Å². The third kappa shape index (κ3) is 8.04. The summed E-state index contributed by atoms with van der Waals surface area (Å²) >= 11 is 0. The Morgan fingerprint density at radius 1 is 1.00 bits per heavy atom. The van der Waals surface area contributed by atoms with Crippen LogP contribution < -0.4 is 11.1 Å². The zero-order valence-corrected chi connectivity index (χ0v) is 26.5. The van der Waals surface area contributed by atoms with Gasteiger partial charge in [-0.15, -0.1) is 0 Å². The van der Waals surface area contributed by atoms with Crippen molar-refractivity contribution in [2.24, 2.45) is 17.6 Å². The first-order valence-corrected chi connectivity index (χ1v) is 14.2. The Bertz CT molecular complexity index is 1180. The predicted molar refractivity (Wildman–Crippen MR) is 156 cm³/mol. The van der Waals surface area contributed by atoms with Crippen LogP contribution in [0.4, 0.5) is 4.79 Å². The van der Waals surface area contributed by atoms with Crippen LogP contribution in [0.25, 0.3) is 0 Å². The van der Waals surface area contributed by atoms with Gasteiger partial charge >= 0.3 is 12.1 Å². The Morgan fingerprint density at radius 2 is 1.61 bits per heavy atom. The van der Waals surface area contributed by atoms with Crippen LogP contribution >= 0.6 is 0 Å². The average Bonchev–Trinajstić information content (AvgIpc) is 3.16. The summed E-state index contributed by atoms with van der Waals surface area (Å²) in [5.41, 5.74) is 3.08. The molecule has 9 atom stereocenters. The number of aliphatic hydroxyl groups excluding tert-OH is 2. The van der Waals surface area contributed by atoms with Crippen molar-refractivity contribution in [1.29, 1.82) is 0 Å². The molecular weight excluding hydrogens is 580 g/mol. The van der Waals surface area contributed by atoms with Crippen molar-refractivity contribution < 1.29 is 58.2 Å². The van der Waals surface area contributed by atoms with E-state index in [1.807, 2.05) is 0 Å². The van der Waals surface area contributed by atoms with Crippen molar-refractivity contribution in [3.8, 4) is 0 Å². The standard InChI is InChI=1S/C30H46N2O12/c1-14-9-19-23(35)25(30(39,26(19)42-7)28(37)43-8)32-27(36)17(4)12-18(33)13-21(41-6)24(44-29(31)38)16(3)11-15(2)22(34)20(10-14)40-5/h11-12,14-15,18,20-22,24-25,33-34,39H,9-10,13H2,1-8H3,(H2,31,38)(H,32,36)/b16-11-,17-12-/t14-,15+,18+,20+,21+,22-,24+,25-,30+/m1/s1. The minimum absolute atomic E-state index is 0.00108. The number of nitrogens with one attached hydrogen (secondary N) is 1. The number of nitrogens with two attached hydrogens (primary N) is 1. The molecular formula is C30H46N2O12. The van der Waals surface area contributed by atoms with Crippen molar-refractivity contribution in [2.75, 3.05) is 28.4 Å². The van der Waals surface area contributed by atoms with Crippen molar-refractivity contribution in [1.82, 2.24) is 5.32 Å². The highest BCUT2D eigenvalue weighted by Gasteiger charge is 2.61. The van der Waals surface area contributed by atoms with E-state index in [0.717, 1.165) is 7.11 Å². The number of fused-ring (bicyclic) bond motifs is 2. The van der Waals surface area contributed by atoms with E-state index < -0.39 is 71.8 Å². The quantitative estimate of drug-likeness (QED) is 0.208. The number of primary amides is 1. The molecule has 44 heavy (non-hydrogen) atoms. The van der Waals surface area contributed by atoms with Crippen LogP contribution in [-0.2, 0) is 38.1 Å². The maximum atomic E-state index is 13.7. The zero-order valence-electron chi connectivity index (χ0n) is 26.5. The van der Waals surface area contributed by atoms with Gasteiger partial charge in [-0.25, -0.2) is 9.59 Å². The van der Waals surface area contributed by atoms with Gasteiger partial charge in [0.15, 0.2) is 11.9 Å². The minimum Gasteiger partial charge on any atom is -0.497 e. The second-order valence-corrected chi connectivity index (χ2v) is 11.4. The molecule has 0 saturated carbocycles.